The van der Waals surface area contributed by atoms with Crippen LogP contribution in [0.4, 0.5) is 0 Å². The van der Waals surface area contributed by atoms with Gasteiger partial charge in [-0.1, -0.05) is 56.3 Å². The molecule has 1 amide bonds. The van der Waals surface area contributed by atoms with Crippen LogP contribution < -0.4 is 10.1 Å². The Labute approximate surface area is 197 Å². The first-order chi connectivity index (χ1) is 15.9. The third kappa shape index (κ3) is 7.90. The van der Waals surface area contributed by atoms with Gasteiger partial charge in [0.05, 0.1) is 7.11 Å². The molecule has 0 radical (unpaired) electrons. The van der Waals surface area contributed by atoms with Crippen molar-refractivity contribution in [2.24, 2.45) is 11.8 Å². The summed E-state index contributed by atoms with van der Waals surface area (Å²) in [6, 6.07) is 17.8. The SMILES string of the molecule is COC(=O)C(CC(C)C)NC(=O)C1CCN(Cc2ccc(OCc3ccccc3)cc2)CC1. The second-order valence-electron chi connectivity index (χ2n) is 9.18. The van der Waals surface area contributed by atoms with Crippen LogP contribution >= 0.6 is 0 Å². The van der Waals surface area contributed by atoms with Crippen molar-refractivity contribution in [2.45, 2.75) is 52.3 Å². The third-order valence-corrected chi connectivity index (χ3v) is 6.05. The summed E-state index contributed by atoms with van der Waals surface area (Å²) >= 11 is 0. The van der Waals surface area contributed by atoms with Crippen molar-refractivity contribution in [2.75, 3.05) is 20.2 Å². The van der Waals surface area contributed by atoms with Gasteiger partial charge in [-0.05, 0) is 61.5 Å². The Morgan fingerprint density at radius 3 is 2.27 bits per heavy atom. The van der Waals surface area contributed by atoms with Gasteiger partial charge in [0, 0.05) is 12.5 Å². The number of carbonyl (C=O) groups excluding carboxylic acids is 2. The Kier molecular flexibility index (Phi) is 9.31. The van der Waals surface area contributed by atoms with Crippen LogP contribution in [0.25, 0.3) is 0 Å². The molecule has 2 aromatic rings. The van der Waals surface area contributed by atoms with Crippen molar-refractivity contribution in [3.8, 4) is 5.75 Å². The number of esters is 1. The molecule has 0 saturated carbocycles. The van der Waals surface area contributed by atoms with E-state index in [1.807, 2.05) is 44.2 Å². The largest absolute Gasteiger partial charge is 0.489 e. The topological polar surface area (TPSA) is 67.9 Å². The zero-order valence-electron chi connectivity index (χ0n) is 20.0. The molecule has 0 spiro atoms. The number of piperidine rings is 1. The minimum absolute atomic E-state index is 0.0365. The molecule has 1 heterocycles. The molecule has 1 aliphatic rings. The molecule has 2 aromatic carbocycles. The fourth-order valence-electron chi connectivity index (χ4n) is 4.16. The van der Waals surface area contributed by atoms with Crippen LogP contribution in [0.2, 0.25) is 0 Å². The zero-order chi connectivity index (χ0) is 23.6. The second kappa shape index (κ2) is 12.4. The first-order valence-electron chi connectivity index (χ1n) is 11.8. The fraction of sp³-hybridized carbons (Fsp3) is 0.481. The van der Waals surface area contributed by atoms with Gasteiger partial charge in [-0.3, -0.25) is 9.69 Å². The number of rotatable bonds is 10. The van der Waals surface area contributed by atoms with E-state index in [0.717, 1.165) is 43.8 Å². The number of methoxy groups -OCH3 is 1. The minimum Gasteiger partial charge on any atom is -0.489 e. The summed E-state index contributed by atoms with van der Waals surface area (Å²) in [6.45, 7) is 7.19. The van der Waals surface area contributed by atoms with Gasteiger partial charge in [0.15, 0.2) is 0 Å². The number of benzene rings is 2. The molecule has 3 rings (SSSR count). The highest BCUT2D eigenvalue weighted by Crippen LogP contribution is 2.21. The number of carbonyl (C=O) groups is 2. The van der Waals surface area contributed by atoms with E-state index in [0.29, 0.717) is 18.9 Å². The van der Waals surface area contributed by atoms with Gasteiger partial charge in [-0.2, -0.15) is 0 Å². The van der Waals surface area contributed by atoms with Crippen molar-refractivity contribution in [3.05, 3.63) is 65.7 Å². The molecule has 1 N–H and O–H groups in total. The van der Waals surface area contributed by atoms with Crippen LogP contribution in [0.3, 0.4) is 0 Å². The molecule has 1 aliphatic heterocycles. The normalized spacial score (nSPS) is 15.8. The first kappa shape index (κ1) is 24.8. The predicted octanol–water partition coefficient (Wildman–Crippen LogP) is 4.18. The van der Waals surface area contributed by atoms with E-state index in [2.05, 4.69) is 34.5 Å². The van der Waals surface area contributed by atoms with Crippen molar-refractivity contribution < 1.29 is 19.1 Å². The number of hydrogen-bond acceptors (Lipinski definition) is 5. The quantitative estimate of drug-likeness (QED) is 0.548. The number of nitrogens with zero attached hydrogens (tertiary/aromatic N) is 1. The summed E-state index contributed by atoms with van der Waals surface area (Å²) in [5.41, 5.74) is 2.38. The molecule has 1 fully saturated rings. The molecule has 178 valence electrons. The van der Waals surface area contributed by atoms with Gasteiger partial charge in [0.1, 0.15) is 18.4 Å². The van der Waals surface area contributed by atoms with Crippen molar-refractivity contribution >= 4 is 11.9 Å². The van der Waals surface area contributed by atoms with E-state index < -0.39 is 6.04 Å². The first-order valence-corrected chi connectivity index (χ1v) is 11.8. The Morgan fingerprint density at radius 2 is 1.67 bits per heavy atom. The number of amides is 1. The predicted molar refractivity (Wildman–Crippen MR) is 129 cm³/mol. The van der Waals surface area contributed by atoms with Crippen LogP contribution in [0.15, 0.2) is 54.6 Å². The van der Waals surface area contributed by atoms with Gasteiger partial charge >= 0.3 is 5.97 Å². The Balaban J connectivity index is 1.43. The van der Waals surface area contributed by atoms with Crippen molar-refractivity contribution in [1.82, 2.24) is 10.2 Å². The number of hydrogen-bond donors (Lipinski definition) is 1. The molecule has 0 bridgehead atoms. The highest BCUT2D eigenvalue weighted by atomic mass is 16.5. The molecule has 0 aliphatic carbocycles. The average molecular weight is 453 g/mol. The molecular weight excluding hydrogens is 416 g/mol. The lowest BCUT2D eigenvalue weighted by Gasteiger charge is -2.32. The molecule has 6 nitrogen and oxygen atoms in total. The van der Waals surface area contributed by atoms with E-state index in [4.69, 9.17) is 9.47 Å². The van der Waals surface area contributed by atoms with E-state index in [-0.39, 0.29) is 17.8 Å². The van der Waals surface area contributed by atoms with Gasteiger partial charge in [0.25, 0.3) is 0 Å². The lowest BCUT2D eigenvalue weighted by atomic mass is 9.94. The fourth-order valence-corrected chi connectivity index (χ4v) is 4.16. The molecule has 1 unspecified atom stereocenters. The Hall–Kier alpha value is -2.86. The maximum Gasteiger partial charge on any atom is 0.328 e. The molecule has 0 aromatic heterocycles. The maximum absolute atomic E-state index is 12.7. The van der Waals surface area contributed by atoms with Gasteiger partial charge < -0.3 is 14.8 Å². The van der Waals surface area contributed by atoms with Gasteiger partial charge in [0.2, 0.25) is 5.91 Å². The van der Waals surface area contributed by atoms with Crippen molar-refractivity contribution in [3.63, 3.8) is 0 Å². The highest BCUT2D eigenvalue weighted by Gasteiger charge is 2.29. The summed E-state index contributed by atoms with van der Waals surface area (Å²) in [7, 11) is 1.36. The number of nitrogens with one attached hydrogen (secondary N) is 1. The van der Waals surface area contributed by atoms with Gasteiger partial charge in [-0.15, -0.1) is 0 Å². The van der Waals surface area contributed by atoms with E-state index in [9.17, 15) is 9.59 Å². The molecule has 1 atom stereocenters. The summed E-state index contributed by atoms with van der Waals surface area (Å²) < 4.78 is 10.7. The number of ether oxygens (including phenoxy) is 2. The van der Waals surface area contributed by atoms with Crippen LogP contribution in [0.1, 0.15) is 44.2 Å². The lowest BCUT2D eigenvalue weighted by Crippen LogP contribution is -2.47. The van der Waals surface area contributed by atoms with E-state index in [1.54, 1.807) is 0 Å². The summed E-state index contributed by atoms with van der Waals surface area (Å²) in [4.78, 5) is 27.1. The standard InChI is InChI=1S/C27H36N2O4/c1-20(2)17-25(27(31)32-3)28-26(30)23-13-15-29(16-14-23)18-21-9-11-24(12-10-21)33-19-22-7-5-4-6-8-22/h4-12,20,23,25H,13-19H2,1-3H3,(H,28,30). The Morgan fingerprint density at radius 1 is 1.00 bits per heavy atom. The summed E-state index contributed by atoms with van der Waals surface area (Å²) in [5.74, 6) is 0.691. The summed E-state index contributed by atoms with van der Waals surface area (Å²) in [6.07, 6.45) is 2.17. The van der Waals surface area contributed by atoms with Crippen LogP contribution in [-0.4, -0.2) is 43.0 Å². The maximum atomic E-state index is 12.7. The smallest absolute Gasteiger partial charge is 0.328 e. The average Bonchev–Trinajstić information content (AvgIpc) is 2.83. The van der Waals surface area contributed by atoms with E-state index >= 15 is 0 Å². The molecule has 6 heteroatoms. The second-order valence-corrected chi connectivity index (χ2v) is 9.18. The minimum atomic E-state index is -0.567. The number of likely N-dealkylation sites (tertiary alicyclic amines) is 1. The van der Waals surface area contributed by atoms with Crippen LogP contribution in [0, 0.1) is 11.8 Å². The molecular formula is C27H36N2O4. The van der Waals surface area contributed by atoms with Gasteiger partial charge in [-0.25, -0.2) is 4.79 Å². The molecule has 1 saturated heterocycles. The van der Waals surface area contributed by atoms with Crippen LogP contribution in [-0.2, 0) is 27.5 Å². The highest BCUT2D eigenvalue weighted by molar-refractivity contribution is 5.85. The zero-order valence-corrected chi connectivity index (χ0v) is 20.0. The van der Waals surface area contributed by atoms with Crippen LogP contribution in [0.5, 0.6) is 5.75 Å². The van der Waals surface area contributed by atoms with E-state index in [1.165, 1.54) is 12.7 Å². The summed E-state index contributed by atoms with van der Waals surface area (Å²) in [5, 5.41) is 2.92. The third-order valence-electron chi connectivity index (χ3n) is 6.05. The van der Waals surface area contributed by atoms with Crippen molar-refractivity contribution in [1.29, 1.82) is 0 Å². The Bertz CT molecular complexity index is 875. The molecule has 33 heavy (non-hydrogen) atoms. The lowest BCUT2D eigenvalue weighted by molar-refractivity contribution is -0.146. The monoisotopic (exact) mass is 452 g/mol.